The van der Waals surface area contributed by atoms with Gasteiger partial charge in [-0.15, -0.1) is 0 Å². The lowest BCUT2D eigenvalue weighted by Crippen LogP contribution is -2.03. The molecule has 1 aromatic heterocycles. The molecule has 1 N–H and O–H groups in total. The molecule has 0 saturated carbocycles. The third-order valence-electron chi connectivity index (χ3n) is 6.16. The Kier molecular flexibility index (Phi) is 7.80. The smallest absolute Gasteiger partial charge is 0.358 e. The zero-order valence-electron chi connectivity index (χ0n) is 20.7. The molecule has 0 aliphatic rings. The first kappa shape index (κ1) is 24.8. The minimum absolute atomic E-state index is 0.163. The van der Waals surface area contributed by atoms with E-state index in [0.717, 1.165) is 23.1 Å². The highest BCUT2D eigenvalue weighted by Gasteiger charge is 2.20. The van der Waals surface area contributed by atoms with Gasteiger partial charge in [0.05, 0.1) is 5.56 Å². The van der Waals surface area contributed by atoms with Crippen molar-refractivity contribution >= 4 is 5.97 Å². The number of hydrogen-bond donors (Lipinski definition) is 1. The molecule has 190 valence electrons. The van der Waals surface area contributed by atoms with Crippen molar-refractivity contribution in [2.45, 2.75) is 26.1 Å². The molecule has 38 heavy (non-hydrogen) atoms. The van der Waals surface area contributed by atoms with Gasteiger partial charge in [-0.2, -0.15) is 0 Å². The first-order valence-electron chi connectivity index (χ1n) is 12.4. The molecule has 0 aliphatic heterocycles. The molecule has 0 amide bonds. The summed E-state index contributed by atoms with van der Waals surface area (Å²) in [5.74, 6) is 0.392. The van der Waals surface area contributed by atoms with Crippen LogP contribution in [0.4, 0.5) is 0 Å². The van der Waals surface area contributed by atoms with Crippen molar-refractivity contribution in [1.82, 2.24) is 5.16 Å². The van der Waals surface area contributed by atoms with E-state index < -0.39 is 5.97 Å². The Morgan fingerprint density at radius 3 is 1.79 bits per heavy atom. The molecular formula is C32H27NO5. The van der Waals surface area contributed by atoms with Crippen LogP contribution in [0.5, 0.6) is 11.5 Å². The second-order valence-corrected chi connectivity index (χ2v) is 8.87. The molecule has 0 bridgehead atoms. The highest BCUT2D eigenvalue weighted by Crippen LogP contribution is 2.38. The summed E-state index contributed by atoms with van der Waals surface area (Å²) in [5.41, 5.74) is 4.68. The van der Waals surface area contributed by atoms with Crippen molar-refractivity contribution in [3.05, 3.63) is 137 Å². The summed E-state index contributed by atoms with van der Waals surface area (Å²) in [6.07, 6.45) is 1.52. The maximum Gasteiger partial charge on any atom is 0.358 e. The van der Waals surface area contributed by atoms with Crippen LogP contribution >= 0.6 is 0 Å². The summed E-state index contributed by atoms with van der Waals surface area (Å²) in [7, 11) is 0. The second kappa shape index (κ2) is 11.9. The number of rotatable bonds is 11. The van der Waals surface area contributed by atoms with E-state index in [1.165, 1.54) is 11.6 Å². The van der Waals surface area contributed by atoms with E-state index in [1.54, 1.807) is 0 Å². The Balaban J connectivity index is 1.52. The summed E-state index contributed by atoms with van der Waals surface area (Å²) in [5, 5.41) is 13.1. The van der Waals surface area contributed by atoms with Gasteiger partial charge in [-0.05, 0) is 41.2 Å². The summed E-state index contributed by atoms with van der Waals surface area (Å²) >= 11 is 0. The molecule has 1 heterocycles. The second-order valence-electron chi connectivity index (χ2n) is 8.87. The van der Waals surface area contributed by atoms with Crippen molar-refractivity contribution in [1.29, 1.82) is 0 Å². The fourth-order valence-electron chi connectivity index (χ4n) is 4.14. The van der Waals surface area contributed by atoms with E-state index in [2.05, 4.69) is 17.3 Å². The normalized spacial score (nSPS) is 10.7. The summed E-state index contributed by atoms with van der Waals surface area (Å²) in [6.45, 7) is 0.734. The summed E-state index contributed by atoms with van der Waals surface area (Å²) in [4.78, 5) is 11.5. The van der Waals surface area contributed by atoms with Gasteiger partial charge < -0.3 is 19.1 Å². The maximum atomic E-state index is 11.5. The molecule has 0 radical (unpaired) electrons. The van der Waals surface area contributed by atoms with Crippen molar-refractivity contribution in [2.75, 3.05) is 0 Å². The van der Waals surface area contributed by atoms with Crippen molar-refractivity contribution in [3.8, 4) is 22.8 Å². The molecule has 0 atom stereocenters. The number of aromatic carboxylic acids is 1. The number of aryl methyl sites for hydroxylation is 2. The standard InChI is InChI=1S/C32H27NO5/c34-32(35)28-19-31(38-33-28)27-18-26(17-16-23-10-4-1-5-11-23)29(36-21-24-12-6-2-7-13-24)20-30(27)37-22-25-14-8-3-9-15-25/h1-15,18-20H,16-17,21-22H2,(H,34,35). The Labute approximate surface area is 221 Å². The number of aromatic nitrogens is 1. The zero-order valence-corrected chi connectivity index (χ0v) is 20.7. The molecule has 0 spiro atoms. The van der Waals surface area contributed by atoms with E-state index in [9.17, 15) is 9.90 Å². The minimum Gasteiger partial charge on any atom is -0.488 e. The zero-order chi connectivity index (χ0) is 26.2. The highest BCUT2D eigenvalue weighted by molar-refractivity contribution is 5.87. The lowest BCUT2D eigenvalue weighted by molar-refractivity contribution is 0.0686. The van der Waals surface area contributed by atoms with Crippen LogP contribution in [-0.4, -0.2) is 16.2 Å². The van der Waals surface area contributed by atoms with Crippen LogP contribution in [0.1, 0.15) is 32.7 Å². The molecule has 6 nitrogen and oxygen atoms in total. The third kappa shape index (κ3) is 6.28. The first-order valence-corrected chi connectivity index (χ1v) is 12.4. The van der Waals surface area contributed by atoms with E-state index >= 15 is 0 Å². The lowest BCUT2D eigenvalue weighted by Gasteiger charge is -2.17. The highest BCUT2D eigenvalue weighted by atomic mass is 16.5. The number of carboxylic acid groups (broad SMARTS) is 1. The van der Waals surface area contributed by atoms with Gasteiger partial charge in [0.25, 0.3) is 0 Å². The molecule has 0 saturated heterocycles. The largest absolute Gasteiger partial charge is 0.488 e. The molecule has 5 aromatic rings. The van der Waals surface area contributed by atoms with Gasteiger partial charge in [0, 0.05) is 12.1 Å². The molecule has 0 unspecified atom stereocenters. The fraction of sp³-hybridized carbons (Fsp3) is 0.125. The molecular weight excluding hydrogens is 478 g/mol. The lowest BCUT2D eigenvalue weighted by atomic mass is 9.99. The van der Waals surface area contributed by atoms with Crippen LogP contribution in [-0.2, 0) is 26.1 Å². The molecule has 0 fully saturated rings. The van der Waals surface area contributed by atoms with Gasteiger partial charge in [-0.25, -0.2) is 4.79 Å². The van der Waals surface area contributed by atoms with Gasteiger partial charge >= 0.3 is 5.97 Å². The predicted molar refractivity (Wildman–Crippen MR) is 144 cm³/mol. The Bertz CT molecular complexity index is 1480. The summed E-state index contributed by atoms with van der Waals surface area (Å²) < 4.78 is 18.0. The van der Waals surface area contributed by atoms with Gasteiger partial charge in [0.1, 0.15) is 24.7 Å². The van der Waals surface area contributed by atoms with E-state index in [-0.39, 0.29) is 5.69 Å². The van der Waals surface area contributed by atoms with Gasteiger partial charge in [-0.3, -0.25) is 0 Å². The number of ether oxygens (including phenoxy) is 2. The van der Waals surface area contributed by atoms with E-state index in [1.807, 2.05) is 91.0 Å². The van der Waals surface area contributed by atoms with Crippen LogP contribution in [0.15, 0.2) is 114 Å². The Morgan fingerprint density at radius 2 is 1.24 bits per heavy atom. The number of carbonyl (C=O) groups is 1. The molecule has 0 aliphatic carbocycles. The average Bonchev–Trinajstić information content (AvgIpc) is 3.46. The van der Waals surface area contributed by atoms with Gasteiger partial charge in [0.15, 0.2) is 11.5 Å². The van der Waals surface area contributed by atoms with E-state index in [4.69, 9.17) is 14.0 Å². The number of carboxylic acids is 1. The van der Waals surface area contributed by atoms with Crippen molar-refractivity contribution in [3.63, 3.8) is 0 Å². The topological polar surface area (TPSA) is 81.8 Å². The fourth-order valence-corrected chi connectivity index (χ4v) is 4.14. The number of benzene rings is 4. The molecule has 4 aromatic carbocycles. The minimum atomic E-state index is -1.15. The molecule has 5 rings (SSSR count). The van der Waals surface area contributed by atoms with Crippen LogP contribution in [0.3, 0.4) is 0 Å². The summed E-state index contributed by atoms with van der Waals surface area (Å²) in [6, 6.07) is 35.3. The molecule has 6 heteroatoms. The Hall–Kier alpha value is -4.84. The van der Waals surface area contributed by atoms with Crippen molar-refractivity contribution in [2.24, 2.45) is 0 Å². The Morgan fingerprint density at radius 1 is 0.684 bits per heavy atom. The maximum absolute atomic E-state index is 11.5. The average molecular weight is 506 g/mol. The van der Waals surface area contributed by atoms with Crippen molar-refractivity contribution < 1.29 is 23.9 Å². The quantitative estimate of drug-likeness (QED) is 0.208. The first-order chi connectivity index (χ1) is 18.7. The van der Waals surface area contributed by atoms with Gasteiger partial charge in [0.2, 0.25) is 0 Å². The number of hydrogen-bond acceptors (Lipinski definition) is 5. The SMILES string of the molecule is O=C(O)c1cc(-c2cc(CCc3ccccc3)c(OCc3ccccc3)cc2OCc2ccccc2)on1. The van der Waals surface area contributed by atoms with Crippen LogP contribution in [0.25, 0.3) is 11.3 Å². The third-order valence-corrected chi connectivity index (χ3v) is 6.16. The van der Waals surface area contributed by atoms with Gasteiger partial charge in [-0.1, -0.05) is 96.2 Å². The van der Waals surface area contributed by atoms with E-state index in [0.29, 0.717) is 42.5 Å². The van der Waals surface area contributed by atoms with Crippen LogP contribution in [0.2, 0.25) is 0 Å². The van der Waals surface area contributed by atoms with Crippen LogP contribution in [0, 0.1) is 0 Å². The van der Waals surface area contributed by atoms with Crippen LogP contribution < -0.4 is 9.47 Å². The predicted octanol–water partition coefficient (Wildman–Crippen LogP) is 6.98. The number of nitrogens with zero attached hydrogens (tertiary/aromatic N) is 1. The monoisotopic (exact) mass is 505 g/mol.